The fourth-order valence-electron chi connectivity index (χ4n) is 2.09. The summed E-state index contributed by atoms with van der Waals surface area (Å²) in [5, 5.41) is 0. The van der Waals surface area contributed by atoms with E-state index in [1.165, 1.54) is 0 Å². The monoisotopic (exact) mass is 222 g/mol. The third kappa shape index (κ3) is 2.09. The van der Waals surface area contributed by atoms with E-state index in [9.17, 15) is 0 Å². The molecule has 2 rings (SSSR count). The molecule has 1 aliphatic rings. The number of ether oxygens (including phenoxy) is 1. The second-order valence-electron chi connectivity index (χ2n) is 4.08. The molecule has 1 aromatic heterocycles. The van der Waals surface area contributed by atoms with Crippen molar-refractivity contribution in [3.8, 4) is 0 Å². The molecular weight excluding hydrogens is 204 g/mol. The largest absolute Gasteiger partial charge is 0.383 e. The van der Waals surface area contributed by atoms with Crippen LogP contribution in [0, 0.1) is 0 Å². The van der Waals surface area contributed by atoms with Gasteiger partial charge in [0.15, 0.2) is 0 Å². The summed E-state index contributed by atoms with van der Waals surface area (Å²) in [4.78, 5) is 8.25. The standard InChI is InChI=1S/C11H18N4O/c1-2-3-4-8-9-7(5-6-16-8)14-11(13)15-10(9)12/h8H,2-6H2,1H3,(H4,12,13,14,15). The Morgan fingerprint density at radius 1 is 1.38 bits per heavy atom. The molecule has 1 aromatic rings. The van der Waals surface area contributed by atoms with Crippen LogP contribution in [0.4, 0.5) is 11.8 Å². The lowest BCUT2D eigenvalue weighted by atomic mass is 9.99. The maximum Gasteiger partial charge on any atom is 0.222 e. The van der Waals surface area contributed by atoms with E-state index in [0.717, 1.165) is 36.9 Å². The lowest BCUT2D eigenvalue weighted by Gasteiger charge is -2.26. The fourth-order valence-corrected chi connectivity index (χ4v) is 2.09. The van der Waals surface area contributed by atoms with Crippen molar-refractivity contribution in [2.24, 2.45) is 0 Å². The van der Waals surface area contributed by atoms with Gasteiger partial charge in [-0.15, -0.1) is 0 Å². The predicted molar refractivity (Wildman–Crippen MR) is 62.8 cm³/mol. The van der Waals surface area contributed by atoms with Crippen LogP contribution in [0.15, 0.2) is 0 Å². The van der Waals surface area contributed by atoms with Crippen LogP contribution in [0.5, 0.6) is 0 Å². The van der Waals surface area contributed by atoms with Crippen LogP contribution in [0.25, 0.3) is 0 Å². The Labute approximate surface area is 95.2 Å². The van der Waals surface area contributed by atoms with Crippen molar-refractivity contribution < 1.29 is 4.74 Å². The highest BCUT2D eigenvalue weighted by Crippen LogP contribution is 2.33. The topological polar surface area (TPSA) is 87.0 Å². The van der Waals surface area contributed by atoms with Crippen molar-refractivity contribution in [1.82, 2.24) is 9.97 Å². The fraction of sp³-hybridized carbons (Fsp3) is 0.636. The number of hydrogen-bond acceptors (Lipinski definition) is 5. The van der Waals surface area contributed by atoms with Gasteiger partial charge in [-0.2, -0.15) is 4.98 Å². The lowest BCUT2D eigenvalue weighted by Crippen LogP contribution is -2.21. The molecule has 0 aromatic carbocycles. The molecule has 1 atom stereocenters. The Morgan fingerprint density at radius 3 is 2.94 bits per heavy atom. The summed E-state index contributed by atoms with van der Waals surface area (Å²) in [5.74, 6) is 0.732. The number of nitrogens with zero attached hydrogens (tertiary/aromatic N) is 2. The second-order valence-corrected chi connectivity index (χ2v) is 4.08. The van der Waals surface area contributed by atoms with Crippen LogP contribution in [0.1, 0.15) is 43.5 Å². The molecule has 1 unspecified atom stereocenters. The Hall–Kier alpha value is -1.36. The number of rotatable bonds is 3. The first-order valence-corrected chi connectivity index (χ1v) is 5.75. The van der Waals surface area contributed by atoms with Crippen LogP contribution in [-0.2, 0) is 11.2 Å². The Balaban J connectivity index is 2.30. The maximum atomic E-state index is 5.89. The van der Waals surface area contributed by atoms with Crippen LogP contribution in [0.2, 0.25) is 0 Å². The molecule has 16 heavy (non-hydrogen) atoms. The summed E-state index contributed by atoms with van der Waals surface area (Å²) in [6.45, 7) is 2.85. The predicted octanol–water partition coefficient (Wildman–Crippen LogP) is 1.44. The first-order chi connectivity index (χ1) is 7.72. The Kier molecular flexibility index (Phi) is 3.24. The minimum absolute atomic E-state index is 0.0456. The number of unbranched alkanes of at least 4 members (excludes halogenated alkanes) is 1. The smallest absolute Gasteiger partial charge is 0.222 e. The SMILES string of the molecule is CCCCC1OCCc2nc(N)nc(N)c21. The van der Waals surface area contributed by atoms with E-state index in [1.54, 1.807) is 0 Å². The minimum atomic E-state index is 0.0456. The van der Waals surface area contributed by atoms with Gasteiger partial charge in [-0.1, -0.05) is 19.8 Å². The van der Waals surface area contributed by atoms with Gasteiger partial charge in [0.2, 0.25) is 5.95 Å². The van der Waals surface area contributed by atoms with Crippen molar-refractivity contribution in [2.45, 2.75) is 38.7 Å². The number of aromatic nitrogens is 2. The normalized spacial score (nSPS) is 19.4. The van der Waals surface area contributed by atoms with E-state index in [2.05, 4.69) is 16.9 Å². The van der Waals surface area contributed by atoms with Gasteiger partial charge in [-0.25, -0.2) is 4.98 Å². The Morgan fingerprint density at radius 2 is 2.19 bits per heavy atom. The number of fused-ring (bicyclic) bond motifs is 1. The highest BCUT2D eigenvalue weighted by Gasteiger charge is 2.25. The van der Waals surface area contributed by atoms with E-state index in [1.807, 2.05) is 0 Å². The lowest BCUT2D eigenvalue weighted by molar-refractivity contribution is 0.0343. The molecule has 0 aliphatic carbocycles. The van der Waals surface area contributed by atoms with Gasteiger partial charge >= 0.3 is 0 Å². The van der Waals surface area contributed by atoms with Crippen LogP contribution in [0.3, 0.4) is 0 Å². The van der Waals surface area contributed by atoms with E-state index < -0.39 is 0 Å². The van der Waals surface area contributed by atoms with Gasteiger partial charge in [0.25, 0.3) is 0 Å². The van der Waals surface area contributed by atoms with Crippen LogP contribution < -0.4 is 11.5 Å². The summed E-state index contributed by atoms with van der Waals surface area (Å²) in [7, 11) is 0. The van der Waals surface area contributed by atoms with E-state index in [4.69, 9.17) is 16.2 Å². The van der Waals surface area contributed by atoms with E-state index >= 15 is 0 Å². The number of nitrogen functional groups attached to an aromatic ring is 2. The zero-order chi connectivity index (χ0) is 11.5. The second kappa shape index (κ2) is 4.65. The average Bonchev–Trinajstić information content (AvgIpc) is 2.25. The van der Waals surface area contributed by atoms with Gasteiger partial charge in [0.05, 0.1) is 18.4 Å². The van der Waals surface area contributed by atoms with E-state index in [-0.39, 0.29) is 12.1 Å². The molecule has 0 radical (unpaired) electrons. The van der Waals surface area contributed by atoms with Crippen LogP contribution in [-0.4, -0.2) is 16.6 Å². The summed E-state index contributed by atoms with van der Waals surface area (Å²) in [6.07, 6.45) is 4.05. The van der Waals surface area contributed by atoms with Gasteiger partial charge in [-0.3, -0.25) is 0 Å². The molecule has 2 heterocycles. The van der Waals surface area contributed by atoms with Crippen molar-refractivity contribution in [3.05, 3.63) is 11.3 Å². The number of hydrogen-bond donors (Lipinski definition) is 2. The Bertz CT molecular complexity index is 380. The molecule has 1 aliphatic heterocycles. The first kappa shape index (κ1) is 11.1. The highest BCUT2D eigenvalue weighted by atomic mass is 16.5. The van der Waals surface area contributed by atoms with Crippen molar-refractivity contribution in [1.29, 1.82) is 0 Å². The minimum Gasteiger partial charge on any atom is -0.383 e. The summed E-state index contributed by atoms with van der Waals surface area (Å²) < 4.78 is 5.73. The first-order valence-electron chi connectivity index (χ1n) is 5.75. The third-order valence-corrected chi connectivity index (χ3v) is 2.87. The number of anilines is 2. The van der Waals surface area contributed by atoms with Crippen molar-refractivity contribution in [3.63, 3.8) is 0 Å². The zero-order valence-electron chi connectivity index (χ0n) is 9.57. The molecule has 5 nitrogen and oxygen atoms in total. The molecule has 0 saturated carbocycles. The van der Waals surface area contributed by atoms with Gasteiger partial charge < -0.3 is 16.2 Å². The van der Waals surface area contributed by atoms with Crippen LogP contribution >= 0.6 is 0 Å². The van der Waals surface area contributed by atoms with Gasteiger partial charge in [-0.05, 0) is 6.42 Å². The zero-order valence-corrected chi connectivity index (χ0v) is 9.57. The maximum absolute atomic E-state index is 5.89. The number of nitrogens with two attached hydrogens (primary N) is 2. The molecule has 88 valence electrons. The quantitative estimate of drug-likeness (QED) is 0.808. The summed E-state index contributed by atoms with van der Waals surface area (Å²) in [6, 6.07) is 0. The van der Waals surface area contributed by atoms with Crippen molar-refractivity contribution in [2.75, 3.05) is 18.1 Å². The summed E-state index contributed by atoms with van der Waals surface area (Å²) in [5.41, 5.74) is 13.4. The third-order valence-electron chi connectivity index (χ3n) is 2.87. The molecule has 0 spiro atoms. The van der Waals surface area contributed by atoms with Crippen molar-refractivity contribution >= 4 is 11.8 Å². The summed E-state index contributed by atoms with van der Waals surface area (Å²) >= 11 is 0. The average molecular weight is 222 g/mol. The van der Waals surface area contributed by atoms with Gasteiger partial charge in [0.1, 0.15) is 5.82 Å². The van der Waals surface area contributed by atoms with Gasteiger partial charge in [0, 0.05) is 12.0 Å². The molecule has 0 bridgehead atoms. The van der Waals surface area contributed by atoms with E-state index in [0.29, 0.717) is 12.4 Å². The molecule has 4 N–H and O–H groups in total. The molecule has 0 fully saturated rings. The highest BCUT2D eigenvalue weighted by molar-refractivity contribution is 5.48. The molecule has 0 amide bonds. The molecular formula is C11H18N4O. The molecule has 0 saturated heterocycles. The molecule has 5 heteroatoms.